The lowest BCUT2D eigenvalue weighted by molar-refractivity contribution is -0.384. The highest BCUT2D eigenvalue weighted by atomic mass is 32.2. The Bertz CT molecular complexity index is 2750. The van der Waals surface area contributed by atoms with Crippen molar-refractivity contribution in [3.05, 3.63) is 124 Å². The molecule has 0 saturated carbocycles. The molecule has 20 heteroatoms. The van der Waals surface area contributed by atoms with Gasteiger partial charge in [-0.25, -0.2) is 13.2 Å². The Morgan fingerprint density at radius 3 is 2.27 bits per heavy atom. The van der Waals surface area contributed by atoms with Gasteiger partial charge in [0.2, 0.25) is 21.7 Å². The number of carbonyl (C=O) groups excluding carboxylic acids is 5. The number of amides is 2. The Kier molecular flexibility index (Phi) is 23.6. The minimum atomic E-state index is -4.20. The van der Waals surface area contributed by atoms with Crippen LogP contribution in [0, 0.1) is 27.4 Å². The standard InChI is InChI=1S/C58H76N4O15S/c1-8-58(4,5)55(66)56(67)61-31-13-12-20-48(61)57(68)77-50(28-22-42-23-29-51(73-6)52(35-42)74-7)43-18-14-19-46(36-43)75-33-30-59-53(64)21-15-32-76-54(65)37-44(34-41-16-10-9-11-17-41)49(63)39-60(38-40(2)3)78(71,72)47-26-24-45(25-27-47)62(69)70/h9-11,14,16-19,23-27,29,35-36,40,44,48-50,63H,8,12-13,15,20-22,28,30-34,37-39H2,1-7H3,(H,59,64)/t44-,48+,49-,50-/m1/s1. The van der Waals surface area contributed by atoms with Crippen LogP contribution in [0.4, 0.5) is 5.69 Å². The highest BCUT2D eigenvalue weighted by Gasteiger charge is 2.41. The molecule has 424 valence electrons. The van der Waals surface area contributed by atoms with Crippen molar-refractivity contribution >= 4 is 45.2 Å². The van der Waals surface area contributed by atoms with Crippen LogP contribution >= 0.6 is 0 Å². The van der Waals surface area contributed by atoms with E-state index in [0.29, 0.717) is 61.3 Å². The third-order valence-corrected chi connectivity index (χ3v) is 15.7. The number of nitro benzene ring substituents is 1. The van der Waals surface area contributed by atoms with Gasteiger partial charge in [-0.3, -0.25) is 29.3 Å². The number of aliphatic hydroxyl groups is 1. The predicted molar refractivity (Wildman–Crippen MR) is 291 cm³/mol. The van der Waals surface area contributed by atoms with E-state index < -0.39 is 68.2 Å². The molecular formula is C58H76N4O15S. The van der Waals surface area contributed by atoms with Crippen LogP contribution in [0.3, 0.4) is 0 Å². The maximum Gasteiger partial charge on any atom is 0.329 e. The van der Waals surface area contributed by atoms with Crippen LogP contribution < -0.4 is 19.5 Å². The van der Waals surface area contributed by atoms with Crippen molar-refractivity contribution in [3.8, 4) is 17.2 Å². The molecule has 1 heterocycles. The molecule has 0 spiro atoms. The van der Waals surface area contributed by atoms with Crippen molar-refractivity contribution in [2.75, 3.05) is 53.6 Å². The Hall–Kier alpha value is -6.90. The van der Waals surface area contributed by atoms with E-state index in [1.807, 2.05) is 69.3 Å². The van der Waals surface area contributed by atoms with Gasteiger partial charge in [-0.15, -0.1) is 0 Å². The van der Waals surface area contributed by atoms with Crippen molar-refractivity contribution in [1.29, 1.82) is 0 Å². The van der Waals surface area contributed by atoms with Crippen LogP contribution in [0.5, 0.6) is 17.2 Å². The molecule has 0 unspecified atom stereocenters. The van der Waals surface area contributed by atoms with Gasteiger partial charge < -0.3 is 39.0 Å². The Morgan fingerprint density at radius 2 is 1.60 bits per heavy atom. The summed E-state index contributed by atoms with van der Waals surface area (Å²) < 4.78 is 57.5. The van der Waals surface area contributed by atoms with Crippen molar-refractivity contribution < 1.29 is 66.1 Å². The number of carbonyl (C=O) groups is 5. The number of methoxy groups -OCH3 is 2. The average Bonchev–Trinajstić information content (AvgIpc) is 3.45. The minimum absolute atomic E-state index is 0.0329. The van der Waals surface area contributed by atoms with Gasteiger partial charge in [-0.2, -0.15) is 4.31 Å². The lowest BCUT2D eigenvalue weighted by atomic mass is 9.84. The number of piperidine rings is 1. The number of nitro groups is 1. The van der Waals surface area contributed by atoms with Crippen LogP contribution in [0.25, 0.3) is 0 Å². The summed E-state index contributed by atoms with van der Waals surface area (Å²) >= 11 is 0. The van der Waals surface area contributed by atoms with E-state index in [1.165, 1.54) is 4.90 Å². The number of hydrogen-bond donors (Lipinski definition) is 2. The van der Waals surface area contributed by atoms with Gasteiger partial charge >= 0.3 is 11.9 Å². The molecule has 1 fully saturated rings. The number of aryl methyl sites for hydroxylation is 1. The maximum atomic E-state index is 14.1. The third-order valence-electron chi connectivity index (χ3n) is 13.8. The normalized spacial score (nSPS) is 14.9. The second-order valence-electron chi connectivity index (χ2n) is 20.5. The molecule has 0 bridgehead atoms. The van der Waals surface area contributed by atoms with Gasteiger partial charge in [0.15, 0.2) is 11.5 Å². The van der Waals surface area contributed by atoms with Gasteiger partial charge in [0, 0.05) is 49.5 Å². The minimum Gasteiger partial charge on any atom is -0.493 e. The number of esters is 2. The molecule has 2 amide bonds. The number of likely N-dealkylation sites (tertiary alicyclic amines) is 1. The number of ether oxygens (including phenoxy) is 5. The smallest absolute Gasteiger partial charge is 0.329 e. The largest absolute Gasteiger partial charge is 0.493 e. The molecule has 78 heavy (non-hydrogen) atoms. The van der Waals surface area contributed by atoms with E-state index in [4.69, 9.17) is 23.7 Å². The molecule has 2 N–H and O–H groups in total. The quantitative estimate of drug-likeness (QED) is 0.0159. The summed E-state index contributed by atoms with van der Waals surface area (Å²) in [6.07, 6.45) is 1.16. The second kappa shape index (κ2) is 29.7. The van der Waals surface area contributed by atoms with Gasteiger partial charge in [0.25, 0.3) is 11.6 Å². The summed E-state index contributed by atoms with van der Waals surface area (Å²) in [5.41, 5.74) is 1.21. The first kappa shape index (κ1) is 61.9. The summed E-state index contributed by atoms with van der Waals surface area (Å²) in [7, 11) is -1.10. The zero-order valence-corrected chi connectivity index (χ0v) is 46.7. The van der Waals surface area contributed by atoms with Crippen molar-refractivity contribution in [3.63, 3.8) is 0 Å². The molecule has 4 atom stereocenters. The summed E-state index contributed by atoms with van der Waals surface area (Å²) in [5, 5.41) is 25.6. The number of aliphatic hydroxyl groups excluding tert-OH is 1. The highest BCUT2D eigenvalue weighted by molar-refractivity contribution is 7.89. The molecule has 5 rings (SSSR count). The lowest BCUT2D eigenvalue weighted by Gasteiger charge is -2.36. The lowest BCUT2D eigenvalue weighted by Crippen LogP contribution is -2.53. The highest BCUT2D eigenvalue weighted by Crippen LogP contribution is 2.33. The zero-order valence-electron chi connectivity index (χ0n) is 45.9. The fraction of sp³-hybridized carbons (Fsp3) is 0.500. The van der Waals surface area contributed by atoms with E-state index in [0.717, 1.165) is 39.7 Å². The number of hydrogen-bond acceptors (Lipinski definition) is 15. The molecular weight excluding hydrogens is 1020 g/mol. The Labute approximate surface area is 458 Å². The molecule has 4 aromatic rings. The fourth-order valence-electron chi connectivity index (χ4n) is 8.98. The van der Waals surface area contributed by atoms with Crippen LogP contribution in [-0.2, 0) is 56.3 Å². The van der Waals surface area contributed by atoms with Crippen molar-refractivity contribution in [2.45, 2.75) is 122 Å². The number of sulfonamides is 1. The third kappa shape index (κ3) is 18.1. The van der Waals surface area contributed by atoms with Gasteiger partial charge in [-0.1, -0.05) is 83.1 Å². The van der Waals surface area contributed by atoms with Crippen molar-refractivity contribution in [1.82, 2.24) is 14.5 Å². The molecule has 1 aliphatic heterocycles. The monoisotopic (exact) mass is 1100 g/mol. The average molecular weight is 1100 g/mol. The number of nitrogens with zero attached hydrogens (tertiary/aromatic N) is 3. The van der Waals surface area contributed by atoms with E-state index >= 15 is 0 Å². The first-order valence-electron chi connectivity index (χ1n) is 26.6. The summed E-state index contributed by atoms with van der Waals surface area (Å²) in [5.74, 6) is -2.09. The fourth-order valence-corrected chi connectivity index (χ4v) is 10.6. The summed E-state index contributed by atoms with van der Waals surface area (Å²) in [6.45, 7) is 9.05. The van der Waals surface area contributed by atoms with Gasteiger partial charge in [0.1, 0.15) is 24.5 Å². The topological polar surface area (TPSA) is 248 Å². The number of ketones is 1. The summed E-state index contributed by atoms with van der Waals surface area (Å²) in [6, 6.07) is 25.4. The molecule has 0 aliphatic carbocycles. The van der Waals surface area contributed by atoms with Crippen LogP contribution in [0.15, 0.2) is 102 Å². The predicted octanol–water partition coefficient (Wildman–Crippen LogP) is 7.99. The van der Waals surface area contributed by atoms with Crippen LogP contribution in [0.2, 0.25) is 0 Å². The molecule has 1 saturated heterocycles. The molecule has 0 aromatic heterocycles. The zero-order chi connectivity index (χ0) is 57.0. The molecule has 0 radical (unpaired) electrons. The van der Waals surface area contributed by atoms with E-state index in [1.54, 1.807) is 52.3 Å². The number of benzene rings is 4. The molecule has 19 nitrogen and oxygen atoms in total. The van der Waals surface area contributed by atoms with Crippen molar-refractivity contribution in [2.24, 2.45) is 17.3 Å². The van der Waals surface area contributed by atoms with E-state index in [-0.39, 0.29) is 87.5 Å². The number of nitrogens with one attached hydrogen (secondary N) is 1. The number of rotatable bonds is 31. The van der Waals surface area contributed by atoms with Crippen LogP contribution in [-0.4, -0.2) is 123 Å². The SMILES string of the molecule is CCC(C)(C)C(=O)C(=O)N1CCCC[C@H]1C(=O)O[C@H](CCc1ccc(OC)c(OC)c1)c1cccc(OCCNC(=O)CCCOC(=O)C[C@@H](Cc2ccccc2)[C@H](O)CN(CC(C)C)S(=O)(=O)c2ccc([N+](=O)[O-])cc2)c1. The first-order chi connectivity index (χ1) is 37.2. The molecule has 4 aromatic carbocycles. The number of non-ortho nitro benzene ring substituents is 1. The van der Waals surface area contributed by atoms with Crippen LogP contribution in [0.1, 0.15) is 109 Å². The Morgan fingerprint density at radius 1 is 0.885 bits per heavy atom. The van der Waals surface area contributed by atoms with Gasteiger partial charge in [-0.05, 0) is 110 Å². The van der Waals surface area contributed by atoms with E-state index in [9.17, 15) is 47.6 Å². The number of Topliss-reactive ketones (excluding diaryl/α,β-unsaturated/α-hetero) is 1. The van der Waals surface area contributed by atoms with Gasteiger partial charge in [0.05, 0.1) is 49.7 Å². The maximum absolute atomic E-state index is 14.1. The second-order valence-corrected chi connectivity index (χ2v) is 22.5. The Balaban J connectivity index is 1.15. The van der Waals surface area contributed by atoms with E-state index in [2.05, 4.69) is 5.32 Å². The summed E-state index contributed by atoms with van der Waals surface area (Å²) in [4.78, 5) is 78.8. The first-order valence-corrected chi connectivity index (χ1v) is 28.0. The molecule has 1 aliphatic rings.